The van der Waals surface area contributed by atoms with E-state index < -0.39 is 146 Å². The topological polar surface area (TPSA) is 634 Å². The van der Waals surface area contributed by atoms with Crippen molar-refractivity contribution in [3.05, 3.63) is 83.7 Å². The lowest BCUT2D eigenvalue weighted by molar-refractivity contribution is -0.141. The largest absolute Gasteiger partial charge is 0.481 e. The molecular formula is C74H114FN25O20. The molecule has 16 amide bonds. The summed E-state index contributed by atoms with van der Waals surface area (Å²) in [5.41, 5.74) is 17.3. The Labute approximate surface area is 692 Å². The van der Waals surface area contributed by atoms with E-state index in [-0.39, 0.29) is 220 Å². The van der Waals surface area contributed by atoms with E-state index in [9.17, 15) is 81.4 Å². The number of aromatic nitrogens is 3. The summed E-state index contributed by atoms with van der Waals surface area (Å²) in [4.78, 5) is 203. The Hall–Kier alpha value is -12.5. The first-order chi connectivity index (χ1) is 57.7. The molecule has 120 heavy (non-hydrogen) atoms. The fourth-order valence-corrected chi connectivity index (χ4v) is 11.6. The molecule has 3 heterocycles. The summed E-state index contributed by atoms with van der Waals surface area (Å²) in [6.07, 6.45) is 1.63. The number of carbonyl (C=O) groups is 15. The van der Waals surface area contributed by atoms with Crippen molar-refractivity contribution < 1.29 is 100 Å². The number of hydrogen-bond donors (Lipinski definition) is 20. The normalized spacial score (nSPS) is 17.3. The third-order valence-corrected chi connectivity index (χ3v) is 17.8. The predicted molar refractivity (Wildman–Crippen MR) is 425 cm³/mol. The van der Waals surface area contributed by atoms with Gasteiger partial charge in [-0.25, -0.2) is 24.3 Å². The van der Waals surface area contributed by atoms with Crippen molar-refractivity contribution in [1.29, 1.82) is 10.8 Å². The number of carboxylic acid groups (broad SMARTS) is 1. The molecule has 5 rings (SSSR count). The molecule has 662 valence electrons. The van der Waals surface area contributed by atoms with E-state index >= 15 is 0 Å². The van der Waals surface area contributed by atoms with Crippen LogP contribution in [-0.4, -0.2) is 291 Å². The van der Waals surface area contributed by atoms with Crippen LogP contribution in [0.15, 0.2) is 66.9 Å². The van der Waals surface area contributed by atoms with Crippen LogP contribution in [-0.2, 0) is 107 Å². The predicted octanol–water partition coefficient (Wildman–Crippen LogP) is -5.01. The fourth-order valence-electron chi connectivity index (χ4n) is 11.6. The van der Waals surface area contributed by atoms with Crippen molar-refractivity contribution in [1.82, 2.24) is 110 Å². The standard InChI is InChI=1S/C74H114FN25O20/c75-26-11-18-52-48-98(96-93-52)49-63(106)82-31-35-118-37-39-120-41-40-119-38-36-117-34-25-64(107)97(32-23-58(101)80-27-9-7-19-55-68(112)89-53(21-12-29-83-71(76)77)66(110)86-43-60(103)85-45-62(105)94-99(73(115)91-55)46-50-14-3-1-4-15-50)33-24-59(102)81-28-10-8-20-56-69(113)90-54(22-13-30-84-72(78)79)67(111)87-44-61(104)88-57(42-65(108)109)70(114)95-100(74(116)92-56)47-51-16-5-2-6-17-51/h1-6,14-17,48,53-57H,7-13,18-47,49H2,(H,80,101)(H,81,102)(H,82,106)(H,85,103)(H,86,110)(H,87,111)(H,88,104)(H,89,112)(H,90,113)(H,91,115)(H,92,116)(H,94,105)(H,95,114)(H,108,109)(H4,76,77,83)(H4,78,79,84)/t53-,54-,55-,56-,57-/m0/s1. The van der Waals surface area contributed by atoms with E-state index in [2.05, 4.69) is 90.3 Å². The van der Waals surface area contributed by atoms with E-state index in [1.54, 1.807) is 66.9 Å². The first kappa shape index (κ1) is 98.1. The number of unbranched alkanes of at least 4 members (excludes halogenated alkanes) is 2. The van der Waals surface area contributed by atoms with Crippen LogP contribution < -0.4 is 91.4 Å². The van der Waals surface area contributed by atoms with E-state index in [0.717, 1.165) is 10.0 Å². The molecule has 2 saturated heterocycles. The van der Waals surface area contributed by atoms with Gasteiger partial charge in [-0.1, -0.05) is 65.9 Å². The number of rotatable bonds is 50. The van der Waals surface area contributed by atoms with Crippen LogP contribution in [0.4, 0.5) is 14.0 Å². The van der Waals surface area contributed by atoms with E-state index in [4.69, 9.17) is 41.2 Å². The summed E-state index contributed by atoms with van der Waals surface area (Å²) in [5, 5.41) is 67.7. The maximum absolute atomic E-state index is 14.3. The van der Waals surface area contributed by atoms with Crippen LogP contribution >= 0.6 is 0 Å². The molecule has 3 aromatic rings. The minimum atomic E-state index is -1.74. The van der Waals surface area contributed by atoms with Gasteiger partial charge in [-0.15, -0.1) is 5.10 Å². The lowest BCUT2D eigenvalue weighted by Crippen LogP contribution is -2.59. The number of hydrogen-bond acceptors (Lipinski definition) is 23. The maximum atomic E-state index is 14.3. The first-order valence-corrected chi connectivity index (χ1v) is 39.5. The highest BCUT2D eigenvalue weighted by molar-refractivity contribution is 5.97. The highest BCUT2D eigenvalue weighted by Crippen LogP contribution is 2.13. The second-order valence-corrected chi connectivity index (χ2v) is 27.5. The van der Waals surface area contributed by atoms with E-state index in [1.165, 1.54) is 9.58 Å². The number of nitrogens with one attached hydrogen (secondary N) is 17. The number of aryl methyl sites for hydroxylation is 1. The summed E-state index contributed by atoms with van der Waals surface area (Å²) >= 11 is 0. The number of alkyl halides is 1. The van der Waals surface area contributed by atoms with Gasteiger partial charge in [0.2, 0.25) is 59.1 Å². The average molecular weight is 1690 g/mol. The van der Waals surface area contributed by atoms with Gasteiger partial charge < -0.3 is 110 Å². The molecule has 5 atom stereocenters. The molecule has 2 aromatic carbocycles. The number of aliphatic carboxylic acids is 1. The lowest BCUT2D eigenvalue weighted by atomic mass is 10.1. The summed E-state index contributed by atoms with van der Waals surface area (Å²) in [5.74, 6) is -10.8. The average Bonchev–Trinajstić information content (AvgIpc) is 1.34. The quantitative estimate of drug-likeness (QED) is 0.0143. The van der Waals surface area contributed by atoms with Gasteiger partial charge in [0.05, 0.1) is 111 Å². The number of hydrazine groups is 2. The van der Waals surface area contributed by atoms with Crippen LogP contribution in [0.2, 0.25) is 0 Å². The van der Waals surface area contributed by atoms with Crippen molar-refractivity contribution >= 4 is 101 Å². The summed E-state index contributed by atoms with van der Waals surface area (Å²) in [7, 11) is 0. The zero-order valence-electron chi connectivity index (χ0n) is 67.0. The van der Waals surface area contributed by atoms with Gasteiger partial charge in [0.15, 0.2) is 11.9 Å². The van der Waals surface area contributed by atoms with Crippen LogP contribution in [0.1, 0.15) is 113 Å². The number of carbonyl (C=O) groups excluding carboxylic acids is 14. The number of carboxylic acids is 1. The fraction of sp³-hybridized carbons (Fsp3) is 0.581. The van der Waals surface area contributed by atoms with Crippen molar-refractivity contribution in [3.63, 3.8) is 0 Å². The van der Waals surface area contributed by atoms with Crippen molar-refractivity contribution in [2.24, 2.45) is 11.5 Å². The second-order valence-electron chi connectivity index (χ2n) is 27.5. The lowest BCUT2D eigenvalue weighted by Gasteiger charge is -2.28. The minimum Gasteiger partial charge on any atom is -0.481 e. The number of halogens is 1. The van der Waals surface area contributed by atoms with Crippen molar-refractivity contribution in [3.8, 4) is 0 Å². The zero-order valence-corrected chi connectivity index (χ0v) is 67.0. The molecule has 46 heteroatoms. The first-order valence-electron chi connectivity index (χ1n) is 39.5. The molecule has 2 fully saturated rings. The van der Waals surface area contributed by atoms with Crippen LogP contribution in [0, 0.1) is 10.8 Å². The molecule has 0 spiro atoms. The van der Waals surface area contributed by atoms with Crippen LogP contribution in [0.3, 0.4) is 0 Å². The van der Waals surface area contributed by atoms with E-state index in [0.29, 0.717) is 29.7 Å². The number of amides is 16. The Balaban J connectivity index is 1.20. The summed E-state index contributed by atoms with van der Waals surface area (Å²) in [6, 6.07) is 7.79. The maximum Gasteiger partial charge on any atom is 0.337 e. The molecule has 0 saturated carbocycles. The smallest absolute Gasteiger partial charge is 0.337 e. The van der Waals surface area contributed by atoms with Gasteiger partial charge in [-0.05, 0) is 88.2 Å². The van der Waals surface area contributed by atoms with Gasteiger partial charge in [-0.3, -0.25) is 88.4 Å². The number of nitrogens with two attached hydrogens (primary N) is 2. The Morgan fingerprint density at radius 3 is 1.43 bits per heavy atom. The van der Waals surface area contributed by atoms with Crippen LogP contribution in [0.25, 0.3) is 0 Å². The van der Waals surface area contributed by atoms with Gasteiger partial charge in [0.25, 0.3) is 11.8 Å². The minimum absolute atomic E-state index is 0.00378. The van der Waals surface area contributed by atoms with E-state index in [1.807, 2.05) is 0 Å². The molecule has 45 nitrogen and oxygen atoms in total. The molecular weight excluding hydrogens is 1580 g/mol. The molecule has 2 aliphatic rings. The number of benzene rings is 2. The Bertz CT molecular complexity index is 3820. The van der Waals surface area contributed by atoms with Gasteiger partial charge >= 0.3 is 18.0 Å². The zero-order chi connectivity index (χ0) is 87.2. The molecule has 0 aliphatic carbocycles. The number of ether oxygens (including phenoxy) is 4. The van der Waals surface area contributed by atoms with Crippen molar-refractivity contribution in [2.75, 3.05) is 125 Å². The molecule has 0 radical (unpaired) electrons. The number of nitrogens with zero attached hydrogens (tertiary/aromatic N) is 6. The van der Waals surface area contributed by atoms with Crippen LogP contribution in [0.5, 0.6) is 0 Å². The molecule has 2 aliphatic heterocycles. The van der Waals surface area contributed by atoms with Gasteiger partial charge in [-0.2, -0.15) is 0 Å². The molecule has 0 bridgehead atoms. The second kappa shape index (κ2) is 56.8. The van der Waals surface area contributed by atoms with Crippen molar-refractivity contribution in [2.45, 2.75) is 153 Å². The third-order valence-electron chi connectivity index (χ3n) is 17.8. The summed E-state index contributed by atoms with van der Waals surface area (Å²) in [6.45, 7) is -1.37. The van der Waals surface area contributed by atoms with Gasteiger partial charge in [0, 0.05) is 64.9 Å². The number of guanidine groups is 2. The van der Waals surface area contributed by atoms with Gasteiger partial charge in [0.1, 0.15) is 36.8 Å². The molecule has 0 unspecified atom stereocenters. The molecule has 22 N–H and O–H groups in total. The SMILES string of the molecule is N=C(N)NCCC[C@@H]1NC(=O)[C@H](CCCCNC(=O)CCN(CCC(=O)NCCCC[C@@H]2NC(=O)N(Cc3ccccc3)NC(=O)[C@H](CC(=O)O)NC(=O)CNC(=O)[C@H](CCCNC(=N)N)NC2=O)C(=O)CCOCCOCCOCCOCCNC(=O)Cn2cc(CCCF)nn2)NC(=O)N(Cc2ccccc2)NC(=O)CNC(=O)CNC1=O. The highest BCUT2D eigenvalue weighted by Gasteiger charge is 2.34. The highest BCUT2D eigenvalue weighted by atomic mass is 19.1. The third kappa shape index (κ3) is 42.1. The number of urea groups is 2. The molecule has 1 aromatic heterocycles. The Morgan fingerprint density at radius 2 is 0.933 bits per heavy atom. The Kier molecular flexibility index (Phi) is 46.4. The monoisotopic (exact) mass is 1690 g/mol. The Morgan fingerprint density at radius 1 is 0.483 bits per heavy atom. The summed E-state index contributed by atoms with van der Waals surface area (Å²) < 4.78 is 36.2.